The summed E-state index contributed by atoms with van der Waals surface area (Å²) in [5.74, 6) is -2.96. The van der Waals surface area contributed by atoms with E-state index in [1.165, 1.54) is 0 Å². The highest BCUT2D eigenvalue weighted by Crippen LogP contribution is 2.08. The lowest BCUT2D eigenvalue weighted by Gasteiger charge is -2.23. The van der Waals surface area contributed by atoms with Crippen molar-refractivity contribution < 1.29 is 24.2 Å². The number of carbonyl (C=O) groups is 3. The molecule has 0 saturated heterocycles. The number of aliphatic carboxylic acids is 1. The smallest absolute Gasteiger partial charge is 0.335 e. The SMILES string of the molecule is NC(=O)[C@H](Cc1ccccc1)NC(=O)[C@@H](N)C(OCc1ccccc1)C(=O)O. The van der Waals surface area contributed by atoms with Gasteiger partial charge in [0.1, 0.15) is 12.1 Å². The summed E-state index contributed by atoms with van der Waals surface area (Å²) in [6, 6.07) is 15.3. The molecule has 28 heavy (non-hydrogen) atoms. The molecule has 148 valence electrons. The maximum Gasteiger partial charge on any atom is 0.335 e. The minimum atomic E-state index is -1.58. The summed E-state index contributed by atoms with van der Waals surface area (Å²) < 4.78 is 5.33. The van der Waals surface area contributed by atoms with Gasteiger partial charge in [-0.05, 0) is 11.1 Å². The molecule has 6 N–H and O–H groups in total. The Bertz CT molecular complexity index is 798. The fraction of sp³-hybridized carbons (Fsp3) is 0.250. The number of ether oxygens (including phenoxy) is 1. The molecule has 0 bridgehead atoms. The van der Waals surface area contributed by atoms with Crippen molar-refractivity contribution in [1.29, 1.82) is 0 Å². The highest BCUT2D eigenvalue weighted by molar-refractivity contribution is 5.92. The first-order chi connectivity index (χ1) is 13.4. The summed E-state index contributed by atoms with van der Waals surface area (Å²) >= 11 is 0. The lowest BCUT2D eigenvalue weighted by atomic mass is 10.0. The number of amides is 2. The van der Waals surface area contributed by atoms with Crippen LogP contribution in [0.25, 0.3) is 0 Å². The van der Waals surface area contributed by atoms with Crippen LogP contribution in [0.5, 0.6) is 0 Å². The van der Waals surface area contributed by atoms with Gasteiger partial charge in [0, 0.05) is 6.42 Å². The van der Waals surface area contributed by atoms with Gasteiger partial charge in [-0.3, -0.25) is 9.59 Å². The van der Waals surface area contributed by atoms with Crippen molar-refractivity contribution in [2.45, 2.75) is 31.2 Å². The molecule has 0 heterocycles. The fourth-order valence-electron chi connectivity index (χ4n) is 2.57. The van der Waals surface area contributed by atoms with Gasteiger partial charge in [-0.25, -0.2) is 4.79 Å². The number of nitrogens with two attached hydrogens (primary N) is 2. The van der Waals surface area contributed by atoms with E-state index in [0.29, 0.717) is 0 Å². The summed E-state index contributed by atoms with van der Waals surface area (Å²) in [7, 11) is 0. The summed E-state index contributed by atoms with van der Waals surface area (Å²) in [6.07, 6.45) is -1.41. The van der Waals surface area contributed by atoms with Gasteiger partial charge in [0.2, 0.25) is 11.8 Å². The molecule has 0 aliphatic carbocycles. The molecule has 2 rings (SSSR count). The van der Waals surface area contributed by atoms with E-state index in [2.05, 4.69) is 5.32 Å². The largest absolute Gasteiger partial charge is 0.479 e. The molecule has 0 aromatic heterocycles. The molecule has 3 atom stereocenters. The van der Waals surface area contributed by atoms with E-state index in [1.807, 2.05) is 12.1 Å². The molecule has 2 amide bonds. The van der Waals surface area contributed by atoms with E-state index in [0.717, 1.165) is 11.1 Å². The molecule has 0 radical (unpaired) electrons. The van der Waals surface area contributed by atoms with Gasteiger partial charge in [-0.2, -0.15) is 0 Å². The first kappa shape index (κ1) is 21.1. The molecule has 0 spiro atoms. The Hall–Kier alpha value is -3.23. The van der Waals surface area contributed by atoms with E-state index in [9.17, 15) is 19.5 Å². The Morgan fingerprint density at radius 3 is 2.00 bits per heavy atom. The third-order valence-corrected chi connectivity index (χ3v) is 4.09. The zero-order valence-corrected chi connectivity index (χ0v) is 15.2. The van der Waals surface area contributed by atoms with E-state index in [4.69, 9.17) is 16.2 Å². The fourth-order valence-corrected chi connectivity index (χ4v) is 2.57. The van der Waals surface area contributed by atoms with Crippen LogP contribution in [0.1, 0.15) is 11.1 Å². The van der Waals surface area contributed by atoms with Crippen molar-refractivity contribution >= 4 is 17.8 Å². The highest BCUT2D eigenvalue weighted by Gasteiger charge is 2.33. The van der Waals surface area contributed by atoms with Crippen molar-refractivity contribution in [2.75, 3.05) is 0 Å². The van der Waals surface area contributed by atoms with Gasteiger partial charge >= 0.3 is 5.97 Å². The van der Waals surface area contributed by atoms with Crippen LogP contribution >= 0.6 is 0 Å². The van der Waals surface area contributed by atoms with Gasteiger partial charge in [0.25, 0.3) is 0 Å². The molecule has 8 heteroatoms. The van der Waals surface area contributed by atoms with Crippen LogP contribution in [-0.2, 0) is 32.1 Å². The first-order valence-electron chi connectivity index (χ1n) is 8.66. The lowest BCUT2D eigenvalue weighted by Crippen LogP contribution is -2.57. The minimum absolute atomic E-state index is 0.0257. The van der Waals surface area contributed by atoms with Crippen molar-refractivity contribution in [3.8, 4) is 0 Å². The predicted molar refractivity (Wildman–Crippen MR) is 102 cm³/mol. The zero-order valence-electron chi connectivity index (χ0n) is 15.2. The molecule has 0 fully saturated rings. The van der Waals surface area contributed by atoms with Gasteiger partial charge in [-0.15, -0.1) is 0 Å². The minimum Gasteiger partial charge on any atom is -0.479 e. The Morgan fingerprint density at radius 1 is 0.964 bits per heavy atom. The second-order valence-corrected chi connectivity index (χ2v) is 6.23. The van der Waals surface area contributed by atoms with Crippen LogP contribution in [0.15, 0.2) is 60.7 Å². The van der Waals surface area contributed by atoms with Crippen LogP contribution in [-0.4, -0.2) is 41.1 Å². The third-order valence-electron chi connectivity index (χ3n) is 4.09. The predicted octanol–water partition coefficient (Wildman–Crippen LogP) is 0.197. The monoisotopic (exact) mass is 385 g/mol. The summed E-state index contributed by atoms with van der Waals surface area (Å²) in [5, 5.41) is 11.8. The second kappa shape index (κ2) is 10.2. The first-order valence-corrected chi connectivity index (χ1v) is 8.66. The van der Waals surface area contributed by atoms with Gasteiger partial charge in [0.15, 0.2) is 6.10 Å². The summed E-state index contributed by atoms with van der Waals surface area (Å²) in [4.78, 5) is 35.6. The van der Waals surface area contributed by atoms with Crippen LogP contribution in [0.2, 0.25) is 0 Å². The Balaban J connectivity index is 2.01. The van der Waals surface area contributed by atoms with Gasteiger partial charge < -0.3 is 26.6 Å². The Labute approximate surface area is 162 Å². The molecule has 0 aliphatic heterocycles. The maximum atomic E-state index is 12.4. The van der Waals surface area contributed by atoms with Gasteiger partial charge in [0.05, 0.1) is 6.61 Å². The number of rotatable bonds is 10. The Morgan fingerprint density at radius 2 is 1.50 bits per heavy atom. The van der Waals surface area contributed by atoms with E-state index in [-0.39, 0.29) is 13.0 Å². The van der Waals surface area contributed by atoms with E-state index in [1.54, 1.807) is 48.5 Å². The third kappa shape index (κ3) is 6.19. The van der Waals surface area contributed by atoms with Gasteiger partial charge in [-0.1, -0.05) is 60.7 Å². The molecule has 1 unspecified atom stereocenters. The molecule has 0 saturated carbocycles. The summed E-state index contributed by atoms with van der Waals surface area (Å²) in [6.45, 7) is -0.0257. The molecular formula is C20H23N3O5. The number of carbonyl (C=O) groups excluding carboxylic acids is 2. The number of hydrogen-bond donors (Lipinski definition) is 4. The molecular weight excluding hydrogens is 362 g/mol. The van der Waals surface area contributed by atoms with Crippen LogP contribution in [0.3, 0.4) is 0 Å². The topological polar surface area (TPSA) is 145 Å². The van der Waals surface area contributed by atoms with Crippen molar-refractivity contribution in [3.05, 3.63) is 71.8 Å². The number of carboxylic acids is 1. The maximum absolute atomic E-state index is 12.4. The van der Waals surface area contributed by atoms with Crippen molar-refractivity contribution in [3.63, 3.8) is 0 Å². The second-order valence-electron chi connectivity index (χ2n) is 6.23. The van der Waals surface area contributed by atoms with Crippen LogP contribution in [0, 0.1) is 0 Å². The van der Waals surface area contributed by atoms with Crippen molar-refractivity contribution in [2.24, 2.45) is 11.5 Å². The number of nitrogens with one attached hydrogen (secondary N) is 1. The van der Waals surface area contributed by atoms with E-state index < -0.39 is 36.0 Å². The molecule has 0 aliphatic rings. The van der Waals surface area contributed by atoms with E-state index >= 15 is 0 Å². The highest BCUT2D eigenvalue weighted by atomic mass is 16.5. The summed E-state index contributed by atoms with van der Waals surface area (Å²) in [5.41, 5.74) is 12.7. The number of benzene rings is 2. The molecule has 8 nitrogen and oxygen atoms in total. The van der Waals surface area contributed by atoms with Crippen LogP contribution in [0.4, 0.5) is 0 Å². The average molecular weight is 385 g/mol. The van der Waals surface area contributed by atoms with Crippen molar-refractivity contribution in [1.82, 2.24) is 5.32 Å². The number of primary amides is 1. The zero-order chi connectivity index (χ0) is 20.5. The normalized spacial score (nSPS) is 13.9. The number of hydrogen-bond acceptors (Lipinski definition) is 5. The lowest BCUT2D eigenvalue weighted by molar-refractivity contribution is -0.155. The Kier molecular flexibility index (Phi) is 7.67. The molecule has 2 aromatic rings. The average Bonchev–Trinajstić information content (AvgIpc) is 2.68. The molecule has 2 aromatic carbocycles. The quantitative estimate of drug-likeness (QED) is 0.460. The number of carboxylic acid groups (broad SMARTS) is 1. The van der Waals surface area contributed by atoms with Crippen LogP contribution < -0.4 is 16.8 Å². The standard InChI is InChI=1S/C20H23N3O5/c21-16(17(20(26)27)28-12-14-9-5-2-6-10-14)19(25)23-15(18(22)24)11-13-7-3-1-4-8-13/h1-10,15-17H,11-12,21H2,(H2,22,24)(H,23,25)(H,26,27)/t15-,16-,17?/m0/s1.